The summed E-state index contributed by atoms with van der Waals surface area (Å²) in [5, 5.41) is 0. The molecule has 0 aromatic rings. The van der Waals surface area contributed by atoms with Gasteiger partial charge in [0.15, 0.2) is 0 Å². The first-order valence-corrected chi connectivity index (χ1v) is 2.90. The Morgan fingerprint density at radius 3 is 2.50 bits per heavy atom. The van der Waals surface area contributed by atoms with E-state index in [-0.39, 0.29) is 6.42 Å². The highest BCUT2D eigenvalue weighted by atomic mass is 19.1. The first-order chi connectivity index (χ1) is 3.79. The van der Waals surface area contributed by atoms with E-state index in [4.69, 9.17) is 0 Å². The molecule has 0 aromatic heterocycles. The van der Waals surface area contributed by atoms with Crippen molar-refractivity contribution in [1.29, 1.82) is 0 Å². The maximum absolute atomic E-state index is 12.2. The SMILES string of the molecule is FC1[CH]CCC(F)C1. The molecule has 1 aliphatic carbocycles. The Kier molecular flexibility index (Phi) is 1.81. The number of hydrogen-bond acceptors (Lipinski definition) is 0. The molecule has 2 unspecified atom stereocenters. The van der Waals surface area contributed by atoms with Crippen LogP contribution in [0.1, 0.15) is 19.3 Å². The molecule has 0 heterocycles. The molecule has 1 rings (SSSR count). The molecule has 0 aromatic carbocycles. The van der Waals surface area contributed by atoms with E-state index >= 15 is 0 Å². The fourth-order valence-corrected chi connectivity index (χ4v) is 0.916. The van der Waals surface area contributed by atoms with Gasteiger partial charge < -0.3 is 0 Å². The van der Waals surface area contributed by atoms with E-state index in [0.29, 0.717) is 12.8 Å². The van der Waals surface area contributed by atoms with Gasteiger partial charge in [0.1, 0.15) is 12.3 Å². The van der Waals surface area contributed by atoms with E-state index in [1.54, 1.807) is 0 Å². The Morgan fingerprint density at radius 1 is 1.38 bits per heavy atom. The predicted molar refractivity (Wildman–Crippen MR) is 27.9 cm³/mol. The average molecular weight is 119 g/mol. The van der Waals surface area contributed by atoms with Gasteiger partial charge in [0.25, 0.3) is 0 Å². The lowest BCUT2D eigenvalue weighted by Gasteiger charge is -2.16. The van der Waals surface area contributed by atoms with Gasteiger partial charge in [-0.3, -0.25) is 0 Å². The van der Waals surface area contributed by atoms with E-state index in [1.807, 2.05) is 0 Å². The molecule has 1 radical (unpaired) electrons. The predicted octanol–water partition coefficient (Wildman–Crippen LogP) is 2.05. The Labute approximate surface area is 47.9 Å². The highest BCUT2D eigenvalue weighted by molar-refractivity contribution is 4.84. The molecule has 0 aliphatic heterocycles. The third-order valence-corrected chi connectivity index (χ3v) is 1.38. The highest BCUT2D eigenvalue weighted by Gasteiger charge is 2.20. The monoisotopic (exact) mass is 119 g/mol. The molecule has 0 N–H and O–H groups in total. The first-order valence-electron chi connectivity index (χ1n) is 2.90. The summed E-state index contributed by atoms with van der Waals surface area (Å²) in [6.45, 7) is 0. The van der Waals surface area contributed by atoms with Crippen molar-refractivity contribution in [2.75, 3.05) is 0 Å². The summed E-state index contributed by atoms with van der Waals surface area (Å²) >= 11 is 0. The average Bonchev–Trinajstić information content (AvgIpc) is 1.64. The summed E-state index contributed by atoms with van der Waals surface area (Å²) < 4.78 is 24.3. The van der Waals surface area contributed by atoms with Gasteiger partial charge in [-0.25, -0.2) is 8.78 Å². The van der Waals surface area contributed by atoms with E-state index in [9.17, 15) is 8.78 Å². The van der Waals surface area contributed by atoms with Crippen molar-refractivity contribution < 1.29 is 8.78 Å². The van der Waals surface area contributed by atoms with Crippen LogP contribution in [0.15, 0.2) is 0 Å². The van der Waals surface area contributed by atoms with Crippen LogP contribution >= 0.6 is 0 Å². The number of alkyl halides is 2. The normalized spacial score (nSPS) is 39.8. The Bertz CT molecular complexity index is 64.9. The molecule has 47 valence electrons. The second kappa shape index (κ2) is 2.42. The van der Waals surface area contributed by atoms with Gasteiger partial charge in [0.05, 0.1) is 0 Å². The van der Waals surface area contributed by atoms with Gasteiger partial charge in [-0.05, 0) is 19.3 Å². The molecule has 0 amide bonds. The first kappa shape index (κ1) is 5.99. The van der Waals surface area contributed by atoms with Crippen molar-refractivity contribution in [2.24, 2.45) is 0 Å². The lowest BCUT2D eigenvalue weighted by atomic mass is 9.97. The second-order valence-electron chi connectivity index (χ2n) is 2.16. The van der Waals surface area contributed by atoms with Crippen LogP contribution in [-0.2, 0) is 0 Å². The maximum atomic E-state index is 12.2. The maximum Gasteiger partial charge on any atom is 0.106 e. The van der Waals surface area contributed by atoms with Gasteiger partial charge in [-0.2, -0.15) is 0 Å². The Hall–Kier alpha value is -0.140. The molecule has 0 bridgehead atoms. The summed E-state index contributed by atoms with van der Waals surface area (Å²) in [4.78, 5) is 0. The van der Waals surface area contributed by atoms with Crippen LogP contribution in [0.4, 0.5) is 8.78 Å². The summed E-state index contributed by atoms with van der Waals surface area (Å²) in [5.41, 5.74) is 0. The number of hydrogen-bond donors (Lipinski definition) is 0. The second-order valence-corrected chi connectivity index (χ2v) is 2.16. The number of rotatable bonds is 0. The highest BCUT2D eigenvalue weighted by Crippen LogP contribution is 2.21. The van der Waals surface area contributed by atoms with E-state index in [0.717, 1.165) is 0 Å². The molecule has 0 saturated heterocycles. The van der Waals surface area contributed by atoms with Crippen LogP contribution in [0.5, 0.6) is 0 Å². The molecule has 2 atom stereocenters. The van der Waals surface area contributed by atoms with Crippen molar-refractivity contribution in [3.8, 4) is 0 Å². The lowest BCUT2D eigenvalue weighted by molar-refractivity contribution is 0.196. The summed E-state index contributed by atoms with van der Waals surface area (Å²) in [6.07, 6.45) is 0.854. The Morgan fingerprint density at radius 2 is 2.12 bits per heavy atom. The van der Waals surface area contributed by atoms with Crippen LogP contribution in [0.25, 0.3) is 0 Å². The summed E-state index contributed by atoms with van der Waals surface area (Å²) in [6, 6.07) is 0. The van der Waals surface area contributed by atoms with Crippen molar-refractivity contribution in [2.45, 2.75) is 31.6 Å². The van der Waals surface area contributed by atoms with Crippen molar-refractivity contribution in [3.63, 3.8) is 0 Å². The van der Waals surface area contributed by atoms with Crippen LogP contribution in [-0.4, -0.2) is 12.3 Å². The zero-order valence-corrected chi connectivity index (χ0v) is 4.61. The fraction of sp³-hybridized carbons (Fsp3) is 0.833. The van der Waals surface area contributed by atoms with E-state index in [1.165, 1.54) is 6.42 Å². The van der Waals surface area contributed by atoms with E-state index in [2.05, 4.69) is 0 Å². The lowest BCUT2D eigenvalue weighted by Crippen LogP contribution is -2.16. The van der Waals surface area contributed by atoms with Gasteiger partial charge in [0, 0.05) is 6.42 Å². The zero-order chi connectivity index (χ0) is 5.98. The fourth-order valence-electron chi connectivity index (χ4n) is 0.916. The minimum atomic E-state index is -0.987. The van der Waals surface area contributed by atoms with Gasteiger partial charge in [-0.15, -0.1) is 0 Å². The molecule has 0 nitrogen and oxygen atoms in total. The minimum absolute atomic E-state index is 0.0833. The molecular formula is C6H9F2. The topological polar surface area (TPSA) is 0 Å². The molecule has 8 heavy (non-hydrogen) atoms. The van der Waals surface area contributed by atoms with Crippen LogP contribution < -0.4 is 0 Å². The van der Waals surface area contributed by atoms with Gasteiger partial charge in [-0.1, -0.05) is 0 Å². The van der Waals surface area contributed by atoms with Crippen molar-refractivity contribution >= 4 is 0 Å². The Balaban J connectivity index is 2.23. The molecular weight excluding hydrogens is 110 g/mol. The molecule has 0 spiro atoms. The molecule has 1 aliphatic rings. The summed E-state index contributed by atoms with van der Waals surface area (Å²) in [7, 11) is 0. The zero-order valence-electron chi connectivity index (χ0n) is 4.61. The molecule has 1 fully saturated rings. The minimum Gasteiger partial charge on any atom is -0.247 e. The van der Waals surface area contributed by atoms with Gasteiger partial charge in [0.2, 0.25) is 0 Å². The molecule has 2 heteroatoms. The van der Waals surface area contributed by atoms with E-state index < -0.39 is 12.3 Å². The number of halogens is 2. The van der Waals surface area contributed by atoms with Gasteiger partial charge >= 0.3 is 0 Å². The van der Waals surface area contributed by atoms with Crippen LogP contribution in [0.3, 0.4) is 0 Å². The smallest absolute Gasteiger partial charge is 0.106 e. The molecule has 1 saturated carbocycles. The third-order valence-electron chi connectivity index (χ3n) is 1.38. The largest absolute Gasteiger partial charge is 0.247 e. The third kappa shape index (κ3) is 1.42. The van der Waals surface area contributed by atoms with Crippen LogP contribution in [0, 0.1) is 6.42 Å². The summed E-state index contributed by atoms with van der Waals surface area (Å²) in [5.74, 6) is 0. The van der Waals surface area contributed by atoms with Crippen molar-refractivity contribution in [1.82, 2.24) is 0 Å². The van der Waals surface area contributed by atoms with Crippen molar-refractivity contribution in [3.05, 3.63) is 6.42 Å². The quantitative estimate of drug-likeness (QED) is 0.457. The van der Waals surface area contributed by atoms with Crippen LogP contribution in [0.2, 0.25) is 0 Å². The standard InChI is InChI=1S/C6H9F2/c7-5-2-1-3-6(8)4-5/h2,5-6H,1,3-4H2.